The van der Waals surface area contributed by atoms with E-state index in [0.717, 1.165) is 31.5 Å². The van der Waals surface area contributed by atoms with Crippen LogP contribution in [-0.4, -0.2) is 32.1 Å². The molecule has 0 spiro atoms. The highest BCUT2D eigenvalue weighted by Gasteiger charge is 2.45. The normalized spacial score (nSPS) is 11.5. The number of ether oxygens (including phenoxy) is 1. The number of hydrogen-bond acceptors (Lipinski definition) is 2. The average molecular weight is 455 g/mol. The van der Waals surface area contributed by atoms with E-state index >= 15 is 0 Å². The van der Waals surface area contributed by atoms with E-state index in [0.29, 0.717) is 0 Å². The lowest BCUT2D eigenvalue weighted by Gasteiger charge is -2.28. The van der Waals surface area contributed by atoms with Gasteiger partial charge in [-0.05, 0) is 74.6 Å². The molecule has 3 heteroatoms. The second kappa shape index (κ2) is 11.3. The van der Waals surface area contributed by atoms with Crippen molar-refractivity contribution < 1.29 is 4.74 Å². The largest absolute Gasteiger partial charge is 0.494 e. The molecule has 4 aromatic rings. The van der Waals surface area contributed by atoms with Gasteiger partial charge in [-0.1, -0.05) is 66.7 Å². The van der Waals surface area contributed by atoms with Gasteiger partial charge >= 0.3 is 0 Å². The highest BCUT2D eigenvalue weighted by molar-refractivity contribution is 7.95. The van der Waals surface area contributed by atoms with Crippen molar-refractivity contribution in [2.45, 2.75) is 12.6 Å². The molecule has 0 saturated carbocycles. The average Bonchev–Trinajstić information content (AvgIpc) is 2.87. The van der Waals surface area contributed by atoms with Crippen molar-refractivity contribution in [2.75, 3.05) is 27.2 Å². The molecule has 0 fully saturated rings. The van der Waals surface area contributed by atoms with Gasteiger partial charge in [0.05, 0.1) is 12.8 Å². The Labute approximate surface area is 199 Å². The number of rotatable bonds is 10. The van der Waals surface area contributed by atoms with E-state index in [1.807, 2.05) is 0 Å². The number of nitrogens with zero attached hydrogens (tertiary/aromatic N) is 1. The Morgan fingerprint density at radius 3 is 1.48 bits per heavy atom. The first-order chi connectivity index (χ1) is 16.2. The second-order valence-electron chi connectivity index (χ2n) is 8.62. The third-order valence-corrected chi connectivity index (χ3v) is 10.3. The van der Waals surface area contributed by atoms with Gasteiger partial charge in [-0.15, -0.1) is 0 Å². The van der Waals surface area contributed by atoms with Crippen LogP contribution in [0.15, 0.2) is 115 Å². The molecule has 0 atom stereocenters. The molecular weight excluding hydrogens is 421 g/mol. The predicted octanol–water partition coefficient (Wildman–Crippen LogP) is 5.51. The molecule has 0 aromatic heterocycles. The molecular formula is C30H33NOP+. The lowest BCUT2D eigenvalue weighted by Crippen LogP contribution is -2.32. The summed E-state index contributed by atoms with van der Waals surface area (Å²) in [5.41, 5.74) is 1.33. The molecule has 0 aliphatic carbocycles. The van der Waals surface area contributed by atoms with Crippen LogP contribution in [-0.2, 0) is 6.16 Å². The van der Waals surface area contributed by atoms with Crippen LogP contribution in [0.4, 0.5) is 0 Å². The Kier molecular flexibility index (Phi) is 7.94. The first kappa shape index (κ1) is 23.2. The molecule has 2 nitrogen and oxygen atoms in total. The van der Waals surface area contributed by atoms with Crippen molar-refractivity contribution in [3.8, 4) is 5.75 Å². The summed E-state index contributed by atoms with van der Waals surface area (Å²) in [5, 5.41) is 4.23. The van der Waals surface area contributed by atoms with Crippen molar-refractivity contribution in [3.05, 3.63) is 121 Å². The molecule has 4 aromatic carbocycles. The molecule has 0 bridgehead atoms. The second-order valence-corrected chi connectivity index (χ2v) is 12.1. The molecule has 0 N–H and O–H groups in total. The highest BCUT2D eigenvalue weighted by atomic mass is 31.2. The van der Waals surface area contributed by atoms with Crippen molar-refractivity contribution >= 4 is 23.2 Å². The minimum Gasteiger partial charge on any atom is -0.494 e. The zero-order chi connectivity index (χ0) is 22.9. The van der Waals surface area contributed by atoms with E-state index in [2.05, 4.69) is 134 Å². The maximum atomic E-state index is 5.98. The maximum absolute atomic E-state index is 5.98. The van der Waals surface area contributed by atoms with Gasteiger partial charge in [0.25, 0.3) is 0 Å². The maximum Gasteiger partial charge on any atom is 0.119 e. The molecule has 4 rings (SSSR count). The summed E-state index contributed by atoms with van der Waals surface area (Å²) in [6.07, 6.45) is 2.01. The predicted molar refractivity (Wildman–Crippen MR) is 144 cm³/mol. The summed E-state index contributed by atoms with van der Waals surface area (Å²) in [6.45, 7) is 1.78. The third-order valence-electron chi connectivity index (χ3n) is 5.95. The van der Waals surface area contributed by atoms with Gasteiger partial charge in [0.2, 0.25) is 0 Å². The Morgan fingerprint density at radius 1 is 0.606 bits per heavy atom. The Balaban J connectivity index is 1.69. The molecule has 0 unspecified atom stereocenters. The van der Waals surface area contributed by atoms with E-state index in [-0.39, 0.29) is 0 Å². The van der Waals surface area contributed by atoms with E-state index in [9.17, 15) is 0 Å². The van der Waals surface area contributed by atoms with Crippen molar-refractivity contribution in [1.82, 2.24) is 4.90 Å². The summed E-state index contributed by atoms with van der Waals surface area (Å²) in [6, 6.07) is 41.9. The standard InChI is InChI=1S/C30H33NOP/c1-31(2)23-12-24-32-27-21-19-26(20-22-27)25-33(28-13-6-3-7-14-28,29-15-8-4-9-16-29)30-17-10-5-11-18-30/h3-11,13-22H,12,23-25H2,1-2H3/q+1. The van der Waals surface area contributed by atoms with Crippen LogP contribution in [0.5, 0.6) is 5.75 Å². The lowest BCUT2D eigenvalue weighted by atomic mass is 10.2. The minimum atomic E-state index is -1.87. The summed E-state index contributed by atoms with van der Waals surface area (Å²) < 4.78 is 5.98. The summed E-state index contributed by atoms with van der Waals surface area (Å²) in [4.78, 5) is 2.19. The van der Waals surface area contributed by atoms with Gasteiger partial charge in [0.15, 0.2) is 0 Å². The van der Waals surface area contributed by atoms with Gasteiger partial charge in [-0.25, -0.2) is 0 Å². The highest BCUT2D eigenvalue weighted by Crippen LogP contribution is 2.58. The fourth-order valence-corrected chi connectivity index (χ4v) is 8.55. The SMILES string of the molecule is CN(C)CCCOc1ccc(C[P+](c2ccccc2)(c2ccccc2)c2ccccc2)cc1. The number of benzene rings is 4. The van der Waals surface area contributed by atoms with Crippen LogP contribution >= 0.6 is 7.26 Å². The van der Waals surface area contributed by atoms with Crippen LogP contribution in [0.2, 0.25) is 0 Å². The van der Waals surface area contributed by atoms with Crippen LogP contribution in [0, 0.1) is 0 Å². The van der Waals surface area contributed by atoms with Crippen molar-refractivity contribution in [3.63, 3.8) is 0 Å². The lowest BCUT2D eigenvalue weighted by molar-refractivity contribution is 0.281. The monoisotopic (exact) mass is 454 g/mol. The summed E-state index contributed by atoms with van der Waals surface area (Å²) in [5.74, 6) is 0.945. The molecule has 33 heavy (non-hydrogen) atoms. The molecule has 0 aliphatic rings. The van der Waals surface area contributed by atoms with Crippen LogP contribution < -0.4 is 20.7 Å². The third kappa shape index (κ3) is 5.71. The quantitative estimate of drug-likeness (QED) is 0.231. The first-order valence-electron chi connectivity index (χ1n) is 11.6. The van der Waals surface area contributed by atoms with Crippen molar-refractivity contribution in [2.24, 2.45) is 0 Å². The zero-order valence-corrected chi connectivity index (χ0v) is 20.5. The van der Waals surface area contributed by atoms with E-state index in [1.54, 1.807) is 0 Å². The fourth-order valence-electron chi connectivity index (χ4n) is 4.30. The van der Waals surface area contributed by atoms with Gasteiger partial charge in [-0.2, -0.15) is 0 Å². The molecule has 168 valence electrons. The van der Waals surface area contributed by atoms with Gasteiger partial charge in [0.1, 0.15) is 28.9 Å². The molecule has 0 radical (unpaired) electrons. The Hall–Kier alpha value is -2.93. The topological polar surface area (TPSA) is 12.5 Å². The molecule has 0 aliphatic heterocycles. The van der Waals surface area contributed by atoms with Gasteiger partial charge in [0, 0.05) is 6.54 Å². The molecule has 0 heterocycles. The smallest absolute Gasteiger partial charge is 0.119 e. The van der Waals surface area contributed by atoms with Crippen molar-refractivity contribution in [1.29, 1.82) is 0 Å². The fraction of sp³-hybridized carbons (Fsp3) is 0.200. The van der Waals surface area contributed by atoms with Gasteiger partial charge in [-0.3, -0.25) is 0 Å². The summed E-state index contributed by atoms with van der Waals surface area (Å²) in [7, 11) is 2.31. The van der Waals surface area contributed by atoms with E-state index in [4.69, 9.17) is 4.74 Å². The molecule has 0 amide bonds. The first-order valence-corrected chi connectivity index (χ1v) is 13.6. The zero-order valence-electron chi connectivity index (χ0n) is 19.6. The van der Waals surface area contributed by atoms with Crippen LogP contribution in [0.25, 0.3) is 0 Å². The Morgan fingerprint density at radius 2 is 1.06 bits per heavy atom. The Bertz CT molecular complexity index is 1000. The van der Waals surface area contributed by atoms with E-state index in [1.165, 1.54) is 21.5 Å². The number of hydrogen-bond donors (Lipinski definition) is 0. The van der Waals surface area contributed by atoms with E-state index < -0.39 is 7.26 Å². The summed E-state index contributed by atoms with van der Waals surface area (Å²) >= 11 is 0. The minimum absolute atomic E-state index is 0.743. The van der Waals surface area contributed by atoms with Gasteiger partial charge < -0.3 is 9.64 Å². The molecule has 0 saturated heterocycles. The van der Waals surface area contributed by atoms with Crippen LogP contribution in [0.3, 0.4) is 0 Å². The van der Waals surface area contributed by atoms with Crippen LogP contribution in [0.1, 0.15) is 12.0 Å².